The highest BCUT2D eigenvalue weighted by Gasteiger charge is 2.30. The molecule has 2 rings (SSSR count). The molecule has 2 atom stereocenters. The summed E-state index contributed by atoms with van der Waals surface area (Å²) in [6.45, 7) is 2.86. The van der Waals surface area contributed by atoms with E-state index in [0.717, 1.165) is 16.5 Å². The van der Waals surface area contributed by atoms with E-state index in [1.165, 1.54) is 0 Å². The number of rotatable bonds is 12. The van der Waals surface area contributed by atoms with Gasteiger partial charge in [0.1, 0.15) is 6.04 Å². The van der Waals surface area contributed by atoms with Gasteiger partial charge in [0.05, 0.1) is 12.6 Å². The molecule has 1 aromatic carbocycles. The van der Waals surface area contributed by atoms with Crippen LogP contribution in [0.3, 0.4) is 0 Å². The Hall–Kier alpha value is -3.82. The van der Waals surface area contributed by atoms with Crippen molar-refractivity contribution in [1.29, 1.82) is 0 Å². The largest absolute Gasteiger partial charge is 0.461 e. The Kier molecular flexibility index (Phi) is 9.46. The molecule has 1 amide bonds. The van der Waals surface area contributed by atoms with Crippen LogP contribution in [0.5, 0.6) is 0 Å². The number of ketones is 1. The van der Waals surface area contributed by atoms with Crippen molar-refractivity contribution in [3.05, 3.63) is 41.6 Å². The highest BCUT2D eigenvalue weighted by molar-refractivity contribution is 6.25. The molecule has 0 bridgehead atoms. The molecule has 0 aliphatic carbocycles. The number of para-hydroxylation sites is 1. The van der Waals surface area contributed by atoms with Gasteiger partial charge in [-0.05, 0) is 31.9 Å². The summed E-state index contributed by atoms with van der Waals surface area (Å²) in [6, 6.07) is 6.24. The number of carbonyl (C=O) groups is 4. The molecule has 1 aromatic heterocycles. The van der Waals surface area contributed by atoms with E-state index in [0.29, 0.717) is 6.21 Å². The quantitative estimate of drug-likeness (QED) is 0.181. The molecule has 0 fully saturated rings. The van der Waals surface area contributed by atoms with Crippen LogP contribution in [0.15, 0.2) is 30.5 Å². The summed E-state index contributed by atoms with van der Waals surface area (Å²) in [7, 11) is 0. The third kappa shape index (κ3) is 7.67. The van der Waals surface area contributed by atoms with E-state index in [9.17, 15) is 19.2 Å². The predicted molar refractivity (Wildman–Crippen MR) is 118 cm³/mol. The molecule has 0 saturated heterocycles. The molecule has 176 valence electrons. The van der Waals surface area contributed by atoms with Crippen LogP contribution in [0.25, 0.3) is 16.4 Å². The number of ether oxygens (including phenoxy) is 2. The van der Waals surface area contributed by atoms with Crippen LogP contribution in [-0.2, 0) is 35.1 Å². The summed E-state index contributed by atoms with van der Waals surface area (Å²) < 4.78 is 10.4. The first-order valence-electron chi connectivity index (χ1n) is 10.4. The topological polar surface area (TPSA) is 177 Å². The molecule has 33 heavy (non-hydrogen) atoms. The Morgan fingerprint density at radius 2 is 1.94 bits per heavy atom. The number of nitrogens with one attached hydrogen (secondary N) is 2. The second-order valence-corrected chi connectivity index (χ2v) is 7.54. The Labute approximate surface area is 190 Å². The number of aromatic amines is 1. The molecule has 0 aliphatic heterocycles. The molecule has 0 aliphatic rings. The van der Waals surface area contributed by atoms with Gasteiger partial charge in [-0.3, -0.25) is 14.4 Å². The summed E-state index contributed by atoms with van der Waals surface area (Å²) in [6.07, 6.45) is 0.427. The van der Waals surface area contributed by atoms with Crippen molar-refractivity contribution in [2.24, 2.45) is 5.73 Å². The van der Waals surface area contributed by atoms with E-state index in [-0.39, 0.29) is 19.3 Å². The Balaban J connectivity index is 2.22. The van der Waals surface area contributed by atoms with Crippen LogP contribution in [0.2, 0.25) is 0 Å². The van der Waals surface area contributed by atoms with E-state index in [4.69, 9.17) is 20.7 Å². The molecule has 2 aromatic rings. The minimum atomic E-state index is -1.27. The molecule has 0 radical (unpaired) electrons. The SMILES string of the molecule is CC(C)OC(=O)[C@H](CCC(=O)C=[N+]=[N-])NC(=O)C(Cc1c[nH]c2ccccc12)OC(=O)CN. The minimum Gasteiger partial charge on any atom is -0.461 e. The van der Waals surface area contributed by atoms with Crippen molar-refractivity contribution in [2.75, 3.05) is 6.54 Å². The van der Waals surface area contributed by atoms with Crippen LogP contribution in [-0.4, -0.2) is 64.4 Å². The molecule has 11 heteroatoms. The summed E-state index contributed by atoms with van der Waals surface area (Å²) in [4.78, 5) is 54.8. The summed E-state index contributed by atoms with van der Waals surface area (Å²) >= 11 is 0. The smallest absolute Gasteiger partial charge is 0.328 e. The van der Waals surface area contributed by atoms with Gasteiger partial charge in [0.15, 0.2) is 6.10 Å². The maximum Gasteiger partial charge on any atom is 0.328 e. The molecular weight excluding hydrogens is 430 g/mol. The maximum atomic E-state index is 13.0. The summed E-state index contributed by atoms with van der Waals surface area (Å²) in [5.41, 5.74) is 15.4. The molecule has 1 heterocycles. The van der Waals surface area contributed by atoms with E-state index in [2.05, 4.69) is 15.1 Å². The maximum absolute atomic E-state index is 13.0. The Morgan fingerprint density at radius 1 is 1.21 bits per heavy atom. The lowest BCUT2D eigenvalue weighted by molar-refractivity contribution is -0.157. The zero-order valence-electron chi connectivity index (χ0n) is 18.4. The fraction of sp³-hybridized carbons (Fsp3) is 0.409. The number of hydrogen-bond acceptors (Lipinski definition) is 7. The van der Waals surface area contributed by atoms with Crippen LogP contribution in [0.1, 0.15) is 32.3 Å². The van der Waals surface area contributed by atoms with Gasteiger partial charge in [0.2, 0.25) is 5.78 Å². The fourth-order valence-corrected chi connectivity index (χ4v) is 3.14. The first-order valence-corrected chi connectivity index (χ1v) is 10.4. The third-order valence-corrected chi connectivity index (χ3v) is 4.65. The Bertz CT molecular complexity index is 1060. The zero-order chi connectivity index (χ0) is 24.4. The van der Waals surface area contributed by atoms with Crippen molar-refractivity contribution in [3.63, 3.8) is 0 Å². The number of Topliss-reactive ketones (excluding diaryl/α,β-unsaturated/α-hetero) is 1. The Morgan fingerprint density at radius 3 is 2.61 bits per heavy atom. The van der Waals surface area contributed by atoms with Crippen molar-refractivity contribution < 1.29 is 33.4 Å². The van der Waals surface area contributed by atoms with Gasteiger partial charge in [0.25, 0.3) is 5.91 Å². The van der Waals surface area contributed by atoms with Crippen molar-refractivity contribution >= 4 is 40.7 Å². The highest BCUT2D eigenvalue weighted by Crippen LogP contribution is 2.20. The predicted octanol–water partition coefficient (Wildman–Crippen LogP) is 0.667. The zero-order valence-corrected chi connectivity index (χ0v) is 18.4. The van der Waals surface area contributed by atoms with Crippen molar-refractivity contribution in [3.8, 4) is 0 Å². The average Bonchev–Trinajstić information content (AvgIpc) is 3.18. The number of benzene rings is 1. The van der Waals surface area contributed by atoms with E-state index < -0.39 is 48.4 Å². The normalized spacial score (nSPS) is 12.5. The van der Waals surface area contributed by atoms with Crippen molar-refractivity contribution in [2.45, 2.75) is 51.4 Å². The number of amides is 1. The first kappa shape index (κ1) is 25.4. The number of fused-ring (bicyclic) bond motifs is 1. The molecule has 11 nitrogen and oxygen atoms in total. The van der Waals surface area contributed by atoms with Crippen LogP contribution >= 0.6 is 0 Å². The van der Waals surface area contributed by atoms with E-state index in [1.54, 1.807) is 20.0 Å². The lowest BCUT2D eigenvalue weighted by Crippen LogP contribution is -2.49. The molecule has 4 N–H and O–H groups in total. The van der Waals surface area contributed by atoms with Crippen molar-refractivity contribution in [1.82, 2.24) is 10.3 Å². The van der Waals surface area contributed by atoms with Gasteiger partial charge in [-0.2, -0.15) is 4.79 Å². The standard InChI is InChI=1S/C22H27N5O6/c1-13(2)32-22(31)18(8-7-15(28)12-26-24)27-21(30)19(33-20(29)10-23)9-14-11-25-17-6-4-3-5-16(14)17/h3-6,11-13,18-19,25H,7-10,23H2,1-2H3,(H,27,30)/t18-,19?/m0/s1. The van der Waals surface area contributed by atoms with Crippen LogP contribution in [0, 0.1) is 0 Å². The molecule has 0 spiro atoms. The summed E-state index contributed by atoms with van der Waals surface area (Å²) in [5, 5.41) is 3.36. The van der Waals surface area contributed by atoms with Crippen LogP contribution in [0.4, 0.5) is 0 Å². The molecular formula is C22H27N5O6. The lowest BCUT2D eigenvalue weighted by Gasteiger charge is -2.22. The third-order valence-electron chi connectivity index (χ3n) is 4.65. The number of carbonyl (C=O) groups excluding carboxylic acids is 4. The number of esters is 2. The van der Waals surface area contributed by atoms with Crippen LogP contribution < -0.4 is 11.1 Å². The van der Waals surface area contributed by atoms with Gasteiger partial charge < -0.3 is 31.0 Å². The fourth-order valence-electron chi connectivity index (χ4n) is 3.14. The average molecular weight is 457 g/mol. The highest BCUT2D eigenvalue weighted by atomic mass is 16.6. The van der Waals surface area contributed by atoms with Gasteiger partial charge >= 0.3 is 18.2 Å². The number of hydrogen-bond donors (Lipinski definition) is 3. The number of aromatic nitrogens is 1. The number of nitrogens with zero attached hydrogens (tertiary/aromatic N) is 2. The number of nitrogens with two attached hydrogens (primary N) is 1. The van der Waals surface area contributed by atoms with Gasteiger partial charge in [-0.25, -0.2) is 4.79 Å². The second kappa shape index (κ2) is 12.3. The molecule has 1 unspecified atom stereocenters. The minimum absolute atomic E-state index is 0.0314. The second-order valence-electron chi connectivity index (χ2n) is 7.54. The summed E-state index contributed by atoms with van der Waals surface area (Å²) in [5.74, 6) is -2.82. The van der Waals surface area contributed by atoms with E-state index in [1.807, 2.05) is 24.3 Å². The lowest BCUT2D eigenvalue weighted by atomic mass is 10.0. The van der Waals surface area contributed by atoms with Gasteiger partial charge in [0, 0.05) is 29.9 Å². The molecule has 0 saturated carbocycles. The van der Waals surface area contributed by atoms with Gasteiger partial charge in [-0.1, -0.05) is 18.2 Å². The van der Waals surface area contributed by atoms with E-state index >= 15 is 0 Å². The first-order chi connectivity index (χ1) is 15.7. The van der Waals surface area contributed by atoms with Gasteiger partial charge in [-0.15, -0.1) is 0 Å². The monoisotopic (exact) mass is 457 g/mol. The number of H-pyrrole nitrogens is 1.